The van der Waals surface area contributed by atoms with Crippen molar-refractivity contribution in [3.63, 3.8) is 0 Å². The molecule has 0 radical (unpaired) electrons. The minimum absolute atomic E-state index is 0.183. The SMILES string of the molecule is CCNC(=NCc1cc(C(=O)OC)c(C)o1)NC1CCN(C(=O)C2CCCC2)C1. The van der Waals surface area contributed by atoms with Gasteiger partial charge in [0.2, 0.25) is 5.91 Å². The monoisotopic (exact) mass is 404 g/mol. The maximum atomic E-state index is 12.6. The molecule has 1 aromatic rings. The van der Waals surface area contributed by atoms with E-state index in [4.69, 9.17) is 9.15 Å². The summed E-state index contributed by atoms with van der Waals surface area (Å²) in [4.78, 5) is 30.9. The van der Waals surface area contributed by atoms with E-state index in [9.17, 15) is 9.59 Å². The van der Waals surface area contributed by atoms with Gasteiger partial charge in [-0.1, -0.05) is 12.8 Å². The van der Waals surface area contributed by atoms with Gasteiger partial charge in [0.25, 0.3) is 0 Å². The summed E-state index contributed by atoms with van der Waals surface area (Å²) in [5, 5.41) is 6.67. The molecular weight excluding hydrogens is 372 g/mol. The number of hydrogen-bond acceptors (Lipinski definition) is 5. The average Bonchev–Trinajstić information content (AvgIpc) is 3.46. The first-order valence-electron chi connectivity index (χ1n) is 10.5. The largest absolute Gasteiger partial charge is 0.465 e. The van der Waals surface area contributed by atoms with Crippen molar-refractivity contribution in [3.8, 4) is 0 Å². The Labute approximate surface area is 172 Å². The van der Waals surface area contributed by atoms with Crippen molar-refractivity contribution in [2.75, 3.05) is 26.7 Å². The number of amides is 1. The van der Waals surface area contributed by atoms with Crippen LogP contribution in [0.1, 0.15) is 60.9 Å². The van der Waals surface area contributed by atoms with Crippen LogP contribution in [0, 0.1) is 12.8 Å². The van der Waals surface area contributed by atoms with Crippen molar-refractivity contribution in [1.82, 2.24) is 15.5 Å². The normalized spacial score (nSPS) is 20.2. The first-order valence-corrected chi connectivity index (χ1v) is 10.5. The second-order valence-corrected chi connectivity index (χ2v) is 7.76. The van der Waals surface area contributed by atoms with E-state index in [1.807, 2.05) is 11.8 Å². The number of guanidine groups is 1. The first kappa shape index (κ1) is 21.2. The Morgan fingerprint density at radius 3 is 2.76 bits per heavy atom. The molecule has 8 nitrogen and oxygen atoms in total. The fourth-order valence-corrected chi connectivity index (χ4v) is 4.11. The van der Waals surface area contributed by atoms with Crippen molar-refractivity contribution in [3.05, 3.63) is 23.2 Å². The molecule has 0 bridgehead atoms. The molecule has 3 rings (SSSR count). The Balaban J connectivity index is 1.57. The van der Waals surface area contributed by atoms with Gasteiger partial charge in [-0.05, 0) is 39.2 Å². The Morgan fingerprint density at radius 2 is 2.07 bits per heavy atom. The van der Waals surface area contributed by atoms with Crippen LogP contribution in [0.5, 0.6) is 0 Å². The number of rotatable bonds is 6. The number of aliphatic imine (C=N–C) groups is 1. The average molecular weight is 405 g/mol. The molecule has 1 aliphatic heterocycles. The van der Waals surface area contributed by atoms with Gasteiger partial charge in [0.05, 0.1) is 7.11 Å². The minimum atomic E-state index is -0.413. The maximum absolute atomic E-state index is 12.6. The van der Waals surface area contributed by atoms with Crippen molar-refractivity contribution in [2.45, 2.75) is 58.5 Å². The highest BCUT2D eigenvalue weighted by Gasteiger charge is 2.32. The molecule has 1 aromatic heterocycles. The van der Waals surface area contributed by atoms with E-state index in [-0.39, 0.29) is 12.0 Å². The molecule has 2 aliphatic rings. The van der Waals surface area contributed by atoms with E-state index in [1.165, 1.54) is 20.0 Å². The van der Waals surface area contributed by atoms with Gasteiger partial charge >= 0.3 is 5.97 Å². The van der Waals surface area contributed by atoms with Crippen molar-refractivity contribution < 1.29 is 18.7 Å². The number of carbonyl (C=O) groups excluding carboxylic acids is 2. The topological polar surface area (TPSA) is 96.2 Å². The zero-order valence-corrected chi connectivity index (χ0v) is 17.6. The molecule has 160 valence electrons. The lowest BCUT2D eigenvalue weighted by atomic mass is 10.1. The molecule has 1 atom stereocenters. The Kier molecular flexibility index (Phi) is 7.17. The van der Waals surface area contributed by atoms with Crippen LogP contribution in [0.25, 0.3) is 0 Å². The third-order valence-electron chi connectivity index (χ3n) is 5.66. The molecule has 0 spiro atoms. The van der Waals surface area contributed by atoms with Crippen LogP contribution in [0.15, 0.2) is 15.5 Å². The summed E-state index contributed by atoms with van der Waals surface area (Å²) in [5.41, 5.74) is 0.424. The van der Waals surface area contributed by atoms with Gasteiger partial charge in [-0.2, -0.15) is 0 Å². The van der Waals surface area contributed by atoms with Crippen molar-refractivity contribution >= 4 is 17.8 Å². The number of furan rings is 1. The lowest BCUT2D eigenvalue weighted by Gasteiger charge is -2.21. The van der Waals surface area contributed by atoms with Crippen LogP contribution in [0.3, 0.4) is 0 Å². The molecule has 2 N–H and O–H groups in total. The quantitative estimate of drug-likeness (QED) is 0.429. The zero-order chi connectivity index (χ0) is 20.8. The predicted molar refractivity (Wildman–Crippen MR) is 110 cm³/mol. The van der Waals surface area contributed by atoms with E-state index < -0.39 is 5.97 Å². The number of carbonyl (C=O) groups is 2. The van der Waals surface area contributed by atoms with Crippen LogP contribution in [-0.4, -0.2) is 55.5 Å². The molecule has 29 heavy (non-hydrogen) atoms. The lowest BCUT2D eigenvalue weighted by molar-refractivity contribution is -0.134. The molecule has 2 fully saturated rings. The number of hydrogen-bond donors (Lipinski definition) is 2. The zero-order valence-electron chi connectivity index (χ0n) is 17.6. The van der Waals surface area contributed by atoms with E-state index in [2.05, 4.69) is 15.6 Å². The van der Waals surface area contributed by atoms with Gasteiger partial charge in [0.1, 0.15) is 23.6 Å². The van der Waals surface area contributed by atoms with Gasteiger partial charge in [-0.15, -0.1) is 0 Å². The number of likely N-dealkylation sites (tertiary alicyclic amines) is 1. The summed E-state index contributed by atoms with van der Waals surface area (Å²) in [6.45, 7) is 6.29. The molecule has 1 amide bonds. The number of methoxy groups -OCH3 is 1. The van der Waals surface area contributed by atoms with Crippen LogP contribution in [-0.2, 0) is 16.1 Å². The van der Waals surface area contributed by atoms with Gasteiger partial charge < -0.3 is 24.7 Å². The van der Waals surface area contributed by atoms with Crippen molar-refractivity contribution in [2.24, 2.45) is 10.9 Å². The Bertz CT molecular complexity index is 752. The molecule has 1 aliphatic carbocycles. The molecule has 0 aromatic carbocycles. The van der Waals surface area contributed by atoms with Crippen LogP contribution >= 0.6 is 0 Å². The third kappa shape index (κ3) is 5.31. The van der Waals surface area contributed by atoms with Crippen molar-refractivity contribution in [1.29, 1.82) is 0 Å². The van der Waals surface area contributed by atoms with E-state index in [0.717, 1.165) is 32.4 Å². The van der Waals surface area contributed by atoms with Gasteiger partial charge in [0.15, 0.2) is 5.96 Å². The molecule has 1 unspecified atom stereocenters. The lowest BCUT2D eigenvalue weighted by Crippen LogP contribution is -2.45. The highest BCUT2D eigenvalue weighted by Crippen LogP contribution is 2.27. The number of ether oxygens (including phenoxy) is 1. The van der Waals surface area contributed by atoms with Crippen LogP contribution in [0.4, 0.5) is 0 Å². The summed E-state index contributed by atoms with van der Waals surface area (Å²) >= 11 is 0. The van der Waals surface area contributed by atoms with Gasteiger partial charge in [-0.25, -0.2) is 9.79 Å². The highest BCUT2D eigenvalue weighted by molar-refractivity contribution is 5.90. The number of aryl methyl sites for hydroxylation is 1. The predicted octanol–water partition coefficient (Wildman–Crippen LogP) is 2.22. The second kappa shape index (κ2) is 9.80. The highest BCUT2D eigenvalue weighted by atomic mass is 16.5. The maximum Gasteiger partial charge on any atom is 0.341 e. The van der Waals surface area contributed by atoms with E-state index in [0.29, 0.717) is 42.0 Å². The Morgan fingerprint density at radius 1 is 1.31 bits per heavy atom. The second-order valence-electron chi connectivity index (χ2n) is 7.76. The van der Waals surface area contributed by atoms with Gasteiger partial charge in [-0.3, -0.25) is 4.79 Å². The van der Waals surface area contributed by atoms with Crippen LogP contribution in [0.2, 0.25) is 0 Å². The fraction of sp³-hybridized carbons (Fsp3) is 0.667. The first-order chi connectivity index (χ1) is 14.0. The molecule has 2 heterocycles. The van der Waals surface area contributed by atoms with E-state index in [1.54, 1.807) is 13.0 Å². The molecule has 1 saturated carbocycles. The molecule has 1 saturated heterocycles. The minimum Gasteiger partial charge on any atom is -0.465 e. The summed E-state index contributed by atoms with van der Waals surface area (Å²) < 4.78 is 10.4. The standard InChI is InChI=1S/C21H32N4O4/c1-4-22-21(23-12-17-11-18(14(2)29-17)20(27)28-3)24-16-9-10-25(13-16)19(26)15-7-5-6-8-15/h11,15-16H,4-10,12-13H2,1-3H3,(H2,22,23,24). The fourth-order valence-electron chi connectivity index (χ4n) is 4.11. The van der Waals surface area contributed by atoms with Gasteiger partial charge in [0, 0.05) is 31.6 Å². The molecule has 8 heteroatoms. The van der Waals surface area contributed by atoms with Crippen LogP contribution < -0.4 is 10.6 Å². The third-order valence-corrected chi connectivity index (χ3v) is 5.66. The summed E-state index contributed by atoms with van der Waals surface area (Å²) in [6.07, 6.45) is 5.33. The molecular formula is C21H32N4O4. The number of esters is 1. The Hall–Kier alpha value is -2.51. The number of nitrogens with zero attached hydrogens (tertiary/aromatic N) is 2. The smallest absolute Gasteiger partial charge is 0.341 e. The summed E-state index contributed by atoms with van der Waals surface area (Å²) in [6, 6.07) is 1.85. The van der Waals surface area contributed by atoms with E-state index >= 15 is 0 Å². The summed E-state index contributed by atoms with van der Waals surface area (Å²) in [7, 11) is 1.35. The number of nitrogens with one attached hydrogen (secondary N) is 2. The summed E-state index contributed by atoms with van der Waals surface area (Å²) in [5.74, 6) is 1.93.